The number of cyclic esters (lactones) is 1. The highest BCUT2D eigenvalue weighted by Gasteiger charge is 2.60. The van der Waals surface area contributed by atoms with Gasteiger partial charge in [-0.05, 0) is 17.7 Å². The highest BCUT2D eigenvalue weighted by molar-refractivity contribution is 6.30. The summed E-state index contributed by atoms with van der Waals surface area (Å²) in [7, 11) is 4.13. The fraction of sp³-hybridized carbons (Fsp3) is 0.500. The van der Waals surface area contributed by atoms with E-state index in [2.05, 4.69) is 0 Å². The number of ether oxygens (including phenoxy) is 4. The lowest BCUT2D eigenvalue weighted by Gasteiger charge is -2.34. The molecule has 2 rings (SSSR count). The smallest absolute Gasteiger partial charge is 0.323 e. The molecule has 1 heterocycles. The number of hydrogen-bond donors (Lipinski definition) is 0. The molecule has 0 bridgehead atoms. The van der Waals surface area contributed by atoms with Gasteiger partial charge in [-0.2, -0.15) is 0 Å². The molecule has 7 heteroatoms. The second-order valence-corrected chi connectivity index (χ2v) is 5.81. The third-order valence-electron chi connectivity index (χ3n) is 4.16. The number of benzene rings is 1. The molecule has 1 unspecified atom stereocenters. The van der Waals surface area contributed by atoms with E-state index in [1.165, 1.54) is 21.3 Å². The number of hydrogen-bond acceptors (Lipinski definition) is 6. The van der Waals surface area contributed by atoms with Gasteiger partial charge in [0, 0.05) is 26.2 Å². The standard InChI is InChI=1S/C16H19ClO6/c1-16(22-4)12(11(14(18)21-3)15(19)23-16)13(20-2)9-5-7-10(17)8-6-9/h5-8,11-13H,1-4H3/t11-,12-,13?,16-/m0/s1. The van der Waals surface area contributed by atoms with Crippen molar-refractivity contribution in [2.75, 3.05) is 21.3 Å². The van der Waals surface area contributed by atoms with Crippen LogP contribution >= 0.6 is 11.6 Å². The molecular weight excluding hydrogens is 324 g/mol. The number of carbonyl (C=O) groups is 2. The predicted molar refractivity (Wildman–Crippen MR) is 81.7 cm³/mol. The molecule has 6 nitrogen and oxygen atoms in total. The second kappa shape index (κ2) is 6.86. The van der Waals surface area contributed by atoms with Crippen LogP contribution < -0.4 is 0 Å². The van der Waals surface area contributed by atoms with Crippen LogP contribution in [-0.2, 0) is 28.5 Å². The van der Waals surface area contributed by atoms with Crippen LogP contribution in [0.5, 0.6) is 0 Å². The van der Waals surface area contributed by atoms with Crippen molar-refractivity contribution in [2.45, 2.75) is 18.8 Å². The van der Waals surface area contributed by atoms with Gasteiger partial charge in [0.05, 0.1) is 19.1 Å². The highest BCUT2D eigenvalue weighted by atomic mass is 35.5. The van der Waals surface area contributed by atoms with Crippen LogP contribution in [0, 0.1) is 11.8 Å². The van der Waals surface area contributed by atoms with Gasteiger partial charge in [0.25, 0.3) is 0 Å². The van der Waals surface area contributed by atoms with Crippen molar-refractivity contribution in [2.24, 2.45) is 11.8 Å². The first kappa shape index (κ1) is 17.7. The van der Waals surface area contributed by atoms with Crippen LogP contribution in [0.15, 0.2) is 24.3 Å². The quantitative estimate of drug-likeness (QED) is 0.604. The van der Waals surface area contributed by atoms with E-state index in [4.69, 9.17) is 30.5 Å². The average molecular weight is 343 g/mol. The average Bonchev–Trinajstić information content (AvgIpc) is 2.81. The number of methoxy groups -OCH3 is 3. The van der Waals surface area contributed by atoms with E-state index in [1.54, 1.807) is 31.2 Å². The number of halogens is 1. The van der Waals surface area contributed by atoms with Gasteiger partial charge in [0.15, 0.2) is 5.92 Å². The lowest BCUT2D eigenvalue weighted by atomic mass is 9.81. The Morgan fingerprint density at radius 2 is 1.87 bits per heavy atom. The van der Waals surface area contributed by atoms with Crippen molar-refractivity contribution in [3.8, 4) is 0 Å². The fourth-order valence-corrected chi connectivity index (χ4v) is 3.05. The molecule has 1 aliphatic heterocycles. The Balaban J connectivity index is 2.49. The Hall–Kier alpha value is -1.63. The fourth-order valence-electron chi connectivity index (χ4n) is 2.92. The van der Waals surface area contributed by atoms with Gasteiger partial charge in [0.2, 0.25) is 5.79 Å². The summed E-state index contributed by atoms with van der Waals surface area (Å²) in [6.45, 7) is 1.60. The van der Waals surface area contributed by atoms with Gasteiger partial charge in [-0.15, -0.1) is 0 Å². The molecule has 1 aromatic rings. The molecule has 1 fully saturated rings. The normalized spacial score (nSPS) is 28.3. The van der Waals surface area contributed by atoms with Gasteiger partial charge >= 0.3 is 11.9 Å². The minimum Gasteiger partial charge on any atom is -0.468 e. The molecule has 0 radical (unpaired) electrons. The molecule has 1 aromatic carbocycles. The Morgan fingerprint density at radius 1 is 1.26 bits per heavy atom. The topological polar surface area (TPSA) is 71.1 Å². The highest BCUT2D eigenvalue weighted by Crippen LogP contribution is 2.47. The van der Waals surface area contributed by atoms with Crippen molar-refractivity contribution in [3.05, 3.63) is 34.9 Å². The van der Waals surface area contributed by atoms with Gasteiger partial charge in [-0.25, -0.2) is 0 Å². The van der Waals surface area contributed by atoms with E-state index >= 15 is 0 Å². The van der Waals surface area contributed by atoms with Gasteiger partial charge in [0.1, 0.15) is 0 Å². The summed E-state index contributed by atoms with van der Waals surface area (Å²) in [4.78, 5) is 24.3. The van der Waals surface area contributed by atoms with Gasteiger partial charge in [-0.1, -0.05) is 23.7 Å². The molecule has 126 valence electrons. The van der Waals surface area contributed by atoms with Crippen molar-refractivity contribution in [1.82, 2.24) is 0 Å². The van der Waals surface area contributed by atoms with Crippen LogP contribution in [0.3, 0.4) is 0 Å². The van der Waals surface area contributed by atoms with Crippen LogP contribution in [-0.4, -0.2) is 39.1 Å². The summed E-state index contributed by atoms with van der Waals surface area (Å²) in [6, 6.07) is 6.95. The minimum absolute atomic E-state index is 0.571. The van der Waals surface area contributed by atoms with Crippen molar-refractivity contribution in [1.29, 1.82) is 0 Å². The van der Waals surface area contributed by atoms with E-state index in [9.17, 15) is 9.59 Å². The molecule has 0 aromatic heterocycles. The molecule has 0 spiro atoms. The molecule has 0 aliphatic carbocycles. The monoisotopic (exact) mass is 342 g/mol. The molecular formula is C16H19ClO6. The maximum atomic E-state index is 12.2. The molecule has 0 saturated carbocycles. The first-order chi connectivity index (χ1) is 10.9. The lowest BCUT2D eigenvalue weighted by molar-refractivity contribution is -0.221. The van der Waals surface area contributed by atoms with Crippen molar-refractivity contribution < 1.29 is 28.5 Å². The Kier molecular flexibility index (Phi) is 5.29. The maximum Gasteiger partial charge on any atom is 0.323 e. The van der Waals surface area contributed by atoms with Crippen molar-refractivity contribution in [3.63, 3.8) is 0 Å². The predicted octanol–water partition coefficient (Wildman–Crippen LogP) is 2.35. The SMILES string of the molecule is COC(=O)[C@H]1C(=O)O[C@](C)(OC)[C@@H]1C(OC)c1ccc(Cl)cc1. The second-order valence-electron chi connectivity index (χ2n) is 5.38. The van der Waals surface area contributed by atoms with E-state index in [1.807, 2.05) is 0 Å². The molecule has 1 aliphatic rings. The van der Waals surface area contributed by atoms with Crippen LogP contribution in [0.4, 0.5) is 0 Å². The minimum atomic E-state index is -1.31. The van der Waals surface area contributed by atoms with Crippen LogP contribution in [0.1, 0.15) is 18.6 Å². The van der Waals surface area contributed by atoms with Gasteiger partial charge < -0.3 is 18.9 Å². The number of rotatable bonds is 5. The zero-order valence-corrected chi connectivity index (χ0v) is 14.1. The van der Waals surface area contributed by atoms with Crippen LogP contribution in [0.2, 0.25) is 5.02 Å². The molecule has 4 atom stereocenters. The largest absolute Gasteiger partial charge is 0.468 e. The number of carbonyl (C=O) groups excluding carboxylic acids is 2. The first-order valence-corrected chi connectivity index (χ1v) is 7.39. The Morgan fingerprint density at radius 3 is 2.35 bits per heavy atom. The molecule has 1 saturated heterocycles. The summed E-state index contributed by atoms with van der Waals surface area (Å²) < 4.78 is 21.0. The van der Waals surface area contributed by atoms with E-state index < -0.39 is 35.7 Å². The summed E-state index contributed by atoms with van der Waals surface area (Å²) in [5.74, 6) is -4.53. The Bertz CT molecular complexity index is 587. The zero-order chi connectivity index (χ0) is 17.2. The van der Waals surface area contributed by atoms with E-state index in [-0.39, 0.29) is 0 Å². The third kappa shape index (κ3) is 3.20. The summed E-state index contributed by atoms with van der Waals surface area (Å²) in [5.41, 5.74) is 0.748. The third-order valence-corrected chi connectivity index (χ3v) is 4.41. The van der Waals surface area contributed by atoms with Crippen molar-refractivity contribution >= 4 is 23.5 Å². The van der Waals surface area contributed by atoms with E-state index in [0.717, 1.165) is 5.56 Å². The van der Waals surface area contributed by atoms with Crippen LogP contribution in [0.25, 0.3) is 0 Å². The lowest BCUT2D eigenvalue weighted by Crippen LogP contribution is -2.42. The molecule has 0 N–H and O–H groups in total. The summed E-state index contributed by atoms with van der Waals surface area (Å²) in [5, 5.41) is 0.571. The summed E-state index contributed by atoms with van der Waals surface area (Å²) >= 11 is 5.91. The summed E-state index contributed by atoms with van der Waals surface area (Å²) in [6.07, 6.45) is -0.618. The van der Waals surface area contributed by atoms with E-state index in [0.29, 0.717) is 5.02 Å². The zero-order valence-electron chi connectivity index (χ0n) is 13.4. The molecule has 0 amide bonds. The first-order valence-electron chi connectivity index (χ1n) is 7.02. The number of esters is 2. The molecule has 23 heavy (non-hydrogen) atoms. The maximum absolute atomic E-state index is 12.2. The Labute approximate surface area is 139 Å². The van der Waals surface area contributed by atoms with Gasteiger partial charge in [-0.3, -0.25) is 9.59 Å².